The summed E-state index contributed by atoms with van der Waals surface area (Å²) in [6, 6.07) is 8.19. The van der Waals surface area contributed by atoms with E-state index in [2.05, 4.69) is 4.98 Å². The number of H-pyrrole nitrogens is 1. The van der Waals surface area contributed by atoms with Crippen molar-refractivity contribution in [3.05, 3.63) is 36.0 Å². The fraction of sp³-hybridized carbons (Fsp3) is 0.471. The van der Waals surface area contributed by atoms with E-state index in [1.807, 2.05) is 35.4 Å². The topological polar surface area (TPSA) is 62.1 Å². The van der Waals surface area contributed by atoms with Gasteiger partial charge in [0.05, 0.1) is 0 Å². The smallest absolute Gasteiger partial charge is 0.253 e. The van der Waals surface area contributed by atoms with Crippen molar-refractivity contribution in [2.24, 2.45) is 17.6 Å². The Morgan fingerprint density at radius 2 is 2.14 bits per heavy atom. The summed E-state index contributed by atoms with van der Waals surface area (Å²) in [5.41, 5.74) is 8.04. The molecule has 4 heteroatoms. The van der Waals surface area contributed by atoms with Gasteiger partial charge in [-0.05, 0) is 48.3 Å². The molecule has 1 aromatic carbocycles. The number of benzene rings is 1. The molecule has 2 heterocycles. The molecule has 1 saturated carbocycles. The number of likely N-dealkylation sites (tertiary alicyclic amines) is 1. The van der Waals surface area contributed by atoms with Gasteiger partial charge in [0.2, 0.25) is 0 Å². The van der Waals surface area contributed by atoms with Gasteiger partial charge in [-0.15, -0.1) is 0 Å². The van der Waals surface area contributed by atoms with Gasteiger partial charge in [-0.3, -0.25) is 4.79 Å². The number of carbonyl (C=O) groups excluding carboxylic acids is 1. The van der Waals surface area contributed by atoms with E-state index < -0.39 is 0 Å². The Morgan fingerprint density at radius 3 is 3.00 bits per heavy atom. The molecule has 1 amide bonds. The average Bonchev–Trinajstić information content (AvgIpc) is 3.12. The van der Waals surface area contributed by atoms with Crippen LogP contribution < -0.4 is 5.73 Å². The first kappa shape index (κ1) is 12.9. The lowest BCUT2D eigenvalue weighted by Gasteiger charge is -2.29. The number of nitrogens with one attached hydrogen (secondary N) is 1. The minimum atomic E-state index is 0.146. The third-order valence-electron chi connectivity index (χ3n) is 5.24. The average molecular weight is 283 g/mol. The molecule has 0 bridgehead atoms. The largest absolute Gasteiger partial charge is 0.361 e. The lowest BCUT2D eigenvalue weighted by Crippen LogP contribution is -2.38. The summed E-state index contributed by atoms with van der Waals surface area (Å²) in [7, 11) is 0. The van der Waals surface area contributed by atoms with Crippen molar-refractivity contribution >= 4 is 16.8 Å². The number of hydrogen-bond acceptors (Lipinski definition) is 2. The van der Waals surface area contributed by atoms with Crippen molar-refractivity contribution in [1.82, 2.24) is 9.88 Å². The molecular formula is C17H21N3O. The Hall–Kier alpha value is -1.81. The van der Waals surface area contributed by atoms with Gasteiger partial charge in [-0.2, -0.15) is 0 Å². The van der Waals surface area contributed by atoms with Crippen molar-refractivity contribution in [3.63, 3.8) is 0 Å². The van der Waals surface area contributed by atoms with Crippen molar-refractivity contribution < 1.29 is 4.79 Å². The van der Waals surface area contributed by atoms with E-state index in [1.165, 1.54) is 12.8 Å². The number of fused-ring (bicyclic) bond motifs is 2. The molecule has 0 spiro atoms. The van der Waals surface area contributed by atoms with E-state index >= 15 is 0 Å². The lowest BCUT2D eigenvalue weighted by atomic mass is 9.78. The molecule has 2 aromatic rings. The first-order chi connectivity index (χ1) is 10.2. The predicted octanol–water partition coefficient (Wildman–Crippen LogP) is 2.37. The number of nitrogens with zero attached hydrogens (tertiary/aromatic N) is 1. The Balaban J connectivity index is 1.57. The van der Waals surface area contributed by atoms with E-state index in [0.717, 1.165) is 36.0 Å². The second-order valence-corrected chi connectivity index (χ2v) is 6.51. The zero-order chi connectivity index (χ0) is 14.4. The summed E-state index contributed by atoms with van der Waals surface area (Å²) in [6.07, 6.45) is 5.44. The molecule has 1 saturated heterocycles. The molecule has 110 valence electrons. The molecule has 0 radical (unpaired) electrons. The molecule has 3 unspecified atom stereocenters. The number of aromatic amines is 1. The molecule has 21 heavy (non-hydrogen) atoms. The van der Waals surface area contributed by atoms with Gasteiger partial charge in [0.25, 0.3) is 5.91 Å². The Labute approximate surface area is 124 Å². The van der Waals surface area contributed by atoms with E-state index in [-0.39, 0.29) is 11.9 Å². The van der Waals surface area contributed by atoms with Crippen LogP contribution in [0.4, 0.5) is 0 Å². The first-order valence-corrected chi connectivity index (χ1v) is 7.84. The number of amides is 1. The van der Waals surface area contributed by atoms with Crippen molar-refractivity contribution in [1.29, 1.82) is 0 Å². The van der Waals surface area contributed by atoms with Crippen LogP contribution >= 0.6 is 0 Å². The highest BCUT2D eigenvalue weighted by Crippen LogP contribution is 2.36. The van der Waals surface area contributed by atoms with Gasteiger partial charge in [0, 0.05) is 36.4 Å². The first-order valence-electron chi connectivity index (χ1n) is 7.84. The van der Waals surface area contributed by atoms with E-state index in [4.69, 9.17) is 5.73 Å². The third-order valence-corrected chi connectivity index (χ3v) is 5.24. The Kier molecular flexibility index (Phi) is 3.00. The van der Waals surface area contributed by atoms with Gasteiger partial charge < -0.3 is 15.6 Å². The number of aromatic nitrogens is 1. The highest BCUT2D eigenvalue weighted by molar-refractivity contribution is 5.98. The minimum absolute atomic E-state index is 0.146. The standard InChI is InChI=1S/C17H21N3O/c18-15-3-1-2-13-9-20(10-14(13)15)17(21)12-5-4-11-6-7-19-16(11)8-12/h4-8,13-15,19H,1-3,9-10,18H2. The lowest BCUT2D eigenvalue weighted by molar-refractivity contribution is 0.0783. The minimum Gasteiger partial charge on any atom is -0.361 e. The molecule has 1 aromatic heterocycles. The van der Waals surface area contributed by atoms with Gasteiger partial charge in [-0.25, -0.2) is 0 Å². The normalized spacial score (nSPS) is 28.8. The molecule has 1 aliphatic carbocycles. The zero-order valence-corrected chi connectivity index (χ0v) is 12.1. The monoisotopic (exact) mass is 283 g/mol. The van der Waals surface area contributed by atoms with E-state index in [1.54, 1.807) is 0 Å². The molecule has 4 nitrogen and oxygen atoms in total. The molecule has 4 rings (SSSR count). The maximum absolute atomic E-state index is 12.7. The number of rotatable bonds is 1. The van der Waals surface area contributed by atoms with Crippen LogP contribution in [0.2, 0.25) is 0 Å². The fourth-order valence-electron chi connectivity index (χ4n) is 4.05. The second kappa shape index (κ2) is 4.88. The molecule has 2 aliphatic rings. The van der Waals surface area contributed by atoms with Crippen LogP contribution in [-0.2, 0) is 0 Å². The van der Waals surface area contributed by atoms with Crippen LogP contribution in [0.25, 0.3) is 10.9 Å². The molecule has 1 aliphatic heterocycles. The van der Waals surface area contributed by atoms with Crippen molar-refractivity contribution in [2.45, 2.75) is 25.3 Å². The highest BCUT2D eigenvalue weighted by Gasteiger charge is 2.40. The highest BCUT2D eigenvalue weighted by atomic mass is 16.2. The van der Waals surface area contributed by atoms with E-state index in [0.29, 0.717) is 11.8 Å². The van der Waals surface area contributed by atoms with Crippen molar-refractivity contribution in [2.75, 3.05) is 13.1 Å². The molecule has 3 N–H and O–H groups in total. The SMILES string of the molecule is NC1CCCC2CN(C(=O)c3ccc4cc[nH]c4c3)CC12. The zero-order valence-electron chi connectivity index (χ0n) is 12.1. The fourth-order valence-corrected chi connectivity index (χ4v) is 4.05. The summed E-state index contributed by atoms with van der Waals surface area (Å²) in [4.78, 5) is 17.9. The van der Waals surface area contributed by atoms with Gasteiger partial charge in [0.1, 0.15) is 0 Å². The van der Waals surface area contributed by atoms with Crippen molar-refractivity contribution in [3.8, 4) is 0 Å². The summed E-state index contributed by atoms with van der Waals surface area (Å²) >= 11 is 0. The van der Waals surface area contributed by atoms with Gasteiger partial charge >= 0.3 is 0 Å². The van der Waals surface area contributed by atoms with Gasteiger partial charge in [0.15, 0.2) is 0 Å². The third kappa shape index (κ3) is 2.14. The number of hydrogen-bond donors (Lipinski definition) is 2. The molecule has 2 fully saturated rings. The van der Waals surface area contributed by atoms with Crippen LogP contribution in [0, 0.1) is 11.8 Å². The summed E-state index contributed by atoms with van der Waals surface area (Å²) in [6.45, 7) is 1.70. The van der Waals surface area contributed by atoms with Gasteiger partial charge in [-0.1, -0.05) is 12.5 Å². The number of nitrogens with two attached hydrogens (primary N) is 1. The molecule has 3 atom stereocenters. The maximum atomic E-state index is 12.7. The Morgan fingerprint density at radius 1 is 1.24 bits per heavy atom. The maximum Gasteiger partial charge on any atom is 0.253 e. The van der Waals surface area contributed by atoms with Crippen LogP contribution in [-0.4, -0.2) is 34.9 Å². The number of carbonyl (C=O) groups is 1. The van der Waals surface area contributed by atoms with Crippen LogP contribution in [0.15, 0.2) is 30.5 Å². The second-order valence-electron chi connectivity index (χ2n) is 6.51. The quantitative estimate of drug-likeness (QED) is 0.844. The van der Waals surface area contributed by atoms with Crippen LogP contribution in [0.5, 0.6) is 0 Å². The Bertz CT molecular complexity index is 677. The summed E-state index contributed by atoms with van der Waals surface area (Å²) in [5.74, 6) is 1.25. The summed E-state index contributed by atoms with van der Waals surface area (Å²) in [5, 5.41) is 1.14. The van der Waals surface area contributed by atoms with Crippen LogP contribution in [0.3, 0.4) is 0 Å². The predicted molar refractivity (Wildman–Crippen MR) is 83.0 cm³/mol. The molecular weight excluding hydrogens is 262 g/mol. The van der Waals surface area contributed by atoms with Crippen LogP contribution in [0.1, 0.15) is 29.6 Å². The van der Waals surface area contributed by atoms with E-state index in [9.17, 15) is 4.79 Å². The summed E-state index contributed by atoms with van der Waals surface area (Å²) < 4.78 is 0.